The quantitative estimate of drug-likeness (QED) is 0.866. The van der Waals surface area contributed by atoms with E-state index >= 15 is 0 Å². The van der Waals surface area contributed by atoms with E-state index < -0.39 is 0 Å². The molecule has 3 heteroatoms. The van der Waals surface area contributed by atoms with Crippen LogP contribution in [0.3, 0.4) is 0 Å². The number of rotatable bonds is 3. The second kappa shape index (κ2) is 6.22. The lowest BCUT2D eigenvalue weighted by atomic mass is 9.88. The van der Waals surface area contributed by atoms with Gasteiger partial charge in [-0.25, -0.2) is 0 Å². The van der Waals surface area contributed by atoms with Crippen molar-refractivity contribution in [3.63, 3.8) is 0 Å². The largest absolute Gasteiger partial charge is 0.497 e. The fourth-order valence-corrected chi connectivity index (χ4v) is 3.20. The molecule has 0 bridgehead atoms. The number of carbonyl (C=O) groups is 1. The number of hydrogen-bond acceptors (Lipinski definition) is 2. The van der Waals surface area contributed by atoms with E-state index in [-0.39, 0.29) is 11.9 Å². The first-order chi connectivity index (χ1) is 10.7. The van der Waals surface area contributed by atoms with Gasteiger partial charge in [0.2, 0.25) is 5.91 Å². The molecule has 0 aliphatic carbocycles. The van der Waals surface area contributed by atoms with Crippen LogP contribution in [0.25, 0.3) is 0 Å². The van der Waals surface area contributed by atoms with Gasteiger partial charge in [-0.3, -0.25) is 4.79 Å². The number of methoxy groups -OCH3 is 1. The van der Waals surface area contributed by atoms with E-state index in [2.05, 4.69) is 24.3 Å². The number of fused-ring (bicyclic) bond motifs is 1. The van der Waals surface area contributed by atoms with Crippen molar-refractivity contribution in [1.82, 2.24) is 4.90 Å². The molecular formula is C19H21NO2. The van der Waals surface area contributed by atoms with Crippen molar-refractivity contribution in [3.05, 3.63) is 65.2 Å². The van der Waals surface area contributed by atoms with Crippen LogP contribution >= 0.6 is 0 Å². The van der Waals surface area contributed by atoms with Gasteiger partial charge in [0.15, 0.2) is 0 Å². The van der Waals surface area contributed by atoms with Crippen LogP contribution in [0.4, 0.5) is 0 Å². The molecule has 2 aromatic rings. The number of benzene rings is 2. The van der Waals surface area contributed by atoms with Gasteiger partial charge in [0.05, 0.1) is 13.2 Å². The van der Waals surface area contributed by atoms with Crippen LogP contribution in [0.15, 0.2) is 48.5 Å². The summed E-state index contributed by atoms with van der Waals surface area (Å²) in [6.45, 7) is 2.68. The summed E-state index contributed by atoms with van der Waals surface area (Å²) in [5.41, 5.74) is 3.64. The molecule has 114 valence electrons. The number of hydrogen-bond donors (Lipinski definition) is 0. The molecule has 0 radical (unpaired) electrons. The smallest absolute Gasteiger partial charge is 0.223 e. The van der Waals surface area contributed by atoms with Crippen LogP contribution in [0, 0.1) is 0 Å². The SMILES string of the molecule is CCC(=O)N1CCc2cc(OC)ccc2C1c1ccccc1. The molecule has 3 rings (SSSR count). The lowest BCUT2D eigenvalue weighted by molar-refractivity contribution is -0.132. The van der Waals surface area contributed by atoms with Crippen molar-refractivity contribution in [1.29, 1.82) is 0 Å². The third-order valence-corrected chi connectivity index (χ3v) is 4.32. The highest BCUT2D eigenvalue weighted by atomic mass is 16.5. The topological polar surface area (TPSA) is 29.5 Å². The highest BCUT2D eigenvalue weighted by Gasteiger charge is 2.31. The fraction of sp³-hybridized carbons (Fsp3) is 0.316. The van der Waals surface area contributed by atoms with Gasteiger partial charge in [0.25, 0.3) is 0 Å². The third kappa shape index (κ3) is 2.59. The molecule has 2 aromatic carbocycles. The Hall–Kier alpha value is -2.29. The lowest BCUT2D eigenvalue weighted by Crippen LogP contribution is -2.40. The van der Waals surface area contributed by atoms with Gasteiger partial charge in [-0.1, -0.05) is 43.3 Å². The molecule has 0 spiro atoms. The maximum absolute atomic E-state index is 12.4. The first-order valence-corrected chi connectivity index (χ1v) is 7.75. The molecule has 3 nitrogen and oxygen atoms in total. The Bertz CT molecular complexity index is 666. The minimum absolute atomic E-state index is 0.00306. The monoisotopic (exact) mass is 295 g/mol. The van der Waals surface area contributed by atoms with Crippen molar-refractivity contribution in [2.24, 2.45) is 0 Å². The molecule has 0 saturated carbocycles. The normalized spacial score (nSPS) is 17.0. The average molecular weight is 295 g/mol. The molecule has 0 fully saturated rings. The molecule has 1 aliphatic heterocycles. The van der Waals surface area contributed by atoms with Crippen molar-refractivity contribution in [3.8, 4) is 5.75 Å². The maximum Gasteiger partial charge on any atom is 0.223 e. The predicted octanol–water partition coefficient (Wildman–Crippen LogP) is 3.58. The molecule has 1 unspecified atom stereocenters. The minimum atomic E-state index is 0.00306. The Balaban J connectivity index is 2.09. The number of amides is 1. The Kier molecular flexibility index (Phi) is 4.14. The van der Waals surface area contributed by atoms with Gasteiger partial charge < -0.3 is 9.64 Å². The van der Waals surface area contributed by atoms with E-state index in [0.717, 1.165) is 24.3 Å². The van der Waals surface area contributed by atoms with Gasteiger partial charge >= 0.3 is 0 Å². The van der Waals surface area contributed by atoms with Crippen molar-refractivity contribution >= 4 is 5.91 Å². The molecule has 1 amide bonds. The van der Waals surface area contributed by atoms with E-state index in [1.807, 2.05) is 36.1 Å². The van der Waals surface area contributed by atoms with E-state index in [1.165, 1.54) is 11.1 Å². The van der Waals surface area contributed by atoms with Crippen LogP contribution in [-0.2, 0) is 11.2 Å². The molecule has 1 atom stereocenters. The van der Waals surface area contributed by atoms with E-state index in [1.54, 1.807) is 7.11 Å². The van der Waals surface area contributed by atoms with Crippen LogP contribution in [0.1, 0.15) is 36.1 Å². The zero-order valence-electron chi connectivity index (χ0n) is 13.1. The summed E-state index contributed by atoms with van der Waals surface area (Å²) in [5, 5.41) is 0. The molecule has 0 aromatic heterocycles. The van der Waals surface area contributed by atoms with Gasteiger partial charge in [-0.05, 0) is 35.2 Å². The minimum Gasteiger partial charge on any atom is -0.497 e. The van der Waals surface area contributed by atoms with Crippen LogP contribution in [0.5, 0.6) is 5.75 Å². The first kappa shape index (κ1) is 14.6. The van der Waals surface area contributed by atoms with E-state index in [9.17, 15) is 4.79 Å². The van der Waals surface area contributed by atoms with Gasteiger partial charge in [-0.15, -0.1) is 0 Å². The average Bonchev–Trinajstić information content (AvgIpc) is 2.60. The van der Waals surface area contributed by atoms with Gasteiger partial charge in [0, 0.05) is 13.0 Å². The second-order valence-electron chi connectivity index (χ2n) is 5.57. The fourth-order valence-electron chi connectivity index (χ4n) is 3.20. The summed E-state index contributed by atoms with van der Waals surface area (Å²) in [7, 11) is 1.69. The molecule has 1 heterocycles. The Morgan fingerprint density at radius 2 is 2.00 bits per heavy atom. The lowest BCUT2D eigenvalue weighted by Gasteiger charge is -2.38. The molecule has 0 saturated heterocycles. The summed E-state index contributed by atoms with van der Waals surface area (Å²) in [6, 6.07) is 16.4. The Morgan fingerprint density at radius 1 is 1.23 bits per heavy atom. The van der Waals surface area contributed by atoms with Gasteiger partial charge in [-0.2, -0.15) is 0 Å². The van der Waals surface area contributed by atoms with Crippen molar-refractivity contribution in [2.45, 2.75) is 25.8 Å². The molecular weight excluding hydrogens is 274 g/mol. The van der Waals surface area contributed by atoms with E-state index in [0.29, 0.717) is 6.42 Å². The zero-order valence-corrected chi connectivity index (χ0v) is 13.1. The first-order valence-electron chi connectivity index (χ1n) is 7.75. The van der Waals surface area contributed by atoms with Crippen molar-refractivity contribution < 1.29 is 9.53 Å². The zero-order chi connectivity index (χ0) is 15.5. The Labute approximate surface area is 131 Å². The van der Waals surface area contributed by atoms with Gasteiger partial charge in [0.1, 0.15) is 5.75 Å². The van der Waals surface area contributed by atoms with E-state index in [4.69, 9.17) is 4.74 Å². The molecule has 22 heavy (non-hydrogen) atoms. The number of carbonyl (C=O) groups excluding carboxylic acids is 1. The molecule has 0 N–H and O–H groups in total. The summed E-state index contributed by atoms with van der Waals surface area (Å²) >= 11 is 0. The highest BCUT2D eigenvalue weighted by Crippen LogP contribution is 2.36. The van der Waals surface area contributed by atoms with Crippen molar-refractivity contribution in [2.75, 3.05) is 13.7 Å². The third-order valence-electron chi connectivity index (χ3n) is 4.32. The van der Waals surface area contributed by atoms with Crippen LogP contribution in [0.2, 0.25) is 0 Å². The standard InChI is InChI=1S/C19H21NO2/c1-3-18(21)20-12-11-15-13-16(22-2)9-10-17(15)19(20)14-7-5-4-6-8-14/h4-10,13,19H,3,11-12H2,1-2H3. The summed E-state index contributed by atoms with van der Waals surface area (Å²) in [4.78, 5) is 14.4. The van der Waals surface area contributed by atoms with Crippen LogP contribution in [-0.4, -0.2) is 24.5 Å². The highest BCUT2D eigenvalue weighted by molar-refractivity contribution is 5.77. The number of ether oxygens (including phenoxy) is 1. The summed E-state index contributed by atoms with van der Waals surface area (Å²) < 4.78 is 5.34. The maximum atomic E-state index is 12.4. The van der Waals surface area contributed by atoms with Crippen LogP contribution < -0.4 is 4.74 Å². The summed E-state index contributed by atoms with van der Waals surface area (Å²) in [5.74, 6) is 1.08. The second-order valence-corrected chi connectivity index (χ2v) is 5.57. The number of nitrogens with zero attached hydrogens (tertiary/aromatic N) is 1. The Morgan fingerprint density at radius 3 is 2.68 bits per heavy atom. The predicted molar refractivity (Wildman–Crippen MR) is 87.0 cm³/mol. The summed E-state index contributed by atoms with van der Waals surface area (Å²) in [6.07, 6.45) is 1.41. The molecule has 1 aliphatic rings.